The highest BCUT2D eigenvalue weighted by atomic mass is 127. The van der Waals surface area contributed by atoms with E-state index in [9.17, 15) is 18.4 Å². The van der Waals surface area contributed by atoms with Crippen molar-refractivity contribution in [2.45, 2.75) is 51.9 Å². The van der Waals surface area contributed by atoms with E-state index in [2.05, 4.69) is 15.4 Å². The summed E-state index contributed by atoms with van der Waals surface area (Å²) in [4.78, 5) is 25.9. The first-order chi connectivity index (χ1) is 13.0. The molecule has 2 N–H and O–H groups in total. The Balaban J connectivity index is 1.81. The average Bonchev–Trinajstić information content (AvgIpc) is 2.56. The molecule has 0 bridgehead atoms. The minimum Gasteiger partial charge on any atom is -0.444 e. The van der Waals surface area contributed by atoms with Gasteiger partial charge in [-0.3, -0.25) is 0 Å². The summed E-state index contributed by atoms with van der Waals surface area (Å²) in [6.07, 6.45) is 0.881. The number of anilines is 1. The Morgan fingerprint density at radius 2 is 1.89 bits per heavy atom. The van der Waals surface area contributed by atoms with Gasteiger partial charge in [0, 0.05) is 22.7 Å². The van der Waals surface area contributed by atoms with Gasteiger partial charge in [0.25, 0.3) is 0 Å². The van der Waals surface area contributed by atoms with Gasteiger partial charge in [-0.25, -0.2) is 9.59 Å². The highest BCUT2D eigenvalue weighted by molar-refractivity contribution is 14.1. The molecular weight excluding hydrogens is 487 g/mol. The lowest BCUT2D eigenvalue weighted by atomic mass is 10.1. The predicted octanol–water partition coefficient (Wildman–Crippen LogP) is 4.41. The molecule has 0 atom stereocenters. The number of nitrogens with one attached hydrogen (secondary N) is 2. The number of carbonyl (C=O) groups excluding carboxylic acids is 2. The fourth-order valence-electron chi connectivity index (χ4n) is 2.65. The SMILES string of the molecule is CC(C)(C)OC(=O)N1CCC(NC(=O)Nc2ccc(OC(F)F)cc2I)CC1. The second-order valence-corrected chi connectivity index (χ2v) is 8.52. The van der Waals surface area contributed by atoms with Crippen LogP contribution in [0.2, 0.25) is 0 Å². The molecule has 1 aromatic rings. The molecule has 0 unspecified atom stereocenters. The zero-order valence-corrected chi connectivity index (χ0v) is 18.1. The first-order valence-electron chi connectivity index (χ1n) is 8.83. The summed E-state index contributed by atoms with van der Waals surface area (Å²) in [6.45, 7) is 3.55. The van der Waals surface area contributed by atoms with Crippen LogP contribution >= 0.6 is 22.6 Å². The van der Waals surface area contributed by atoms with E-state index in [0.29, 0.717) is 35.2 Å². The molecule has 0 spiro atoms. The van der Waals surface area contributed by atoms with E-state index in [0.717, 1.165) is 0 Å². The zero-order valence-electron chi connectivity index (χ0n) is 15.9. The number of hydrogen-bond donors (Lipinski definition) is 2. The van der Waals surface area contributed by atoms with E-state index >= 15 is 0 Å². The Morgan fingerprint density at radius 1 is 1.25 bits per heavy atom. The maximum atomic E-state index is 12.2. The van der Waals surface area contributed by atoms with Crippen molar-refractivity contribution in [1.82, 2.24) is 10.2 Å². The van der Waals surface area contributed by atoms with Crippen molar-refractivity contribution in [1.29, 1.82) is 0 Å². The standard InChI is InChI=1S/C18H24F2IN3O4/c1-18(2,3)28-17(26)24-8-6-11(7-9-24)22-16(25)23-14-5-4-12(10-13(14)21)27-15(19)20/h4-5,10-11,15H,6-9H2,1-3H3,(H2,22,23,25). The summed E-state index contributed by atoms with van der Waals surface area (Å²) in [6, 6.07) is 3.82. The van der Waals surface area contributed by atoms with E-state index < -0.39 is 18.2 Å². The van der Waals surface area contributed by atoms with Crippen LogP contribution in [0, 0.1) is 3.57 Å². The molecule has 0 aromatic heterocycles. The van der Waals surface area contributed by atoms with Gasteiger partial charge >= 0.3 is 18.7 Å². The summed E-state index contributed by atoms with van der Waals surface area (Å²) in [5.74, 6) is 0.0277. The van der Waals surface area contributed by atoms with Crippen LogP contribution in [-0.2, 0) is 4.74 Å². The van der Waals surface area contributed by atoms with Crippen LogP contribution in [0.5, 0.6) is 5.75 Å². The van der Waals surface area contributed by atoms with Gasteiger partial charge < -0.3 is 25.0 Å². The Morgan fingerprint density at radius 3 is 2.43 bits per heavy atom. The van der Waals surface area contributed by atoms with E-state index in [1.54, 1.807) is 4.90 Å². The molecule has 28 heavy (non-hydrogen) atoms. The van der Waals surface area contributed by atoms with Crippen LogP contribution in [0.4, 0.5) is 24.1 Å². The third-order valence-corrected chi connectivity index (χ3v) is 4.79. The van der Waals surface area contributed by atoms with Crippen LogP contribution < -0.4 is 15.4 Å². The smallest absolute Gasteiger partial charge is 0.410 e. The van der Waals surface area contributed by atoms with Crippen LogP contribution in [0.3, 0.4) is 0 Å². The van der Waals surface area contributed by atoms with Gasteiger partial charge in [-0.05, 0) is 74.4 Å². The summed E-state index contributed by atoms with van der Waals surface area (Å²) in [5.41, 5.74) is -0.0510. The molecule has 10 heteroatoms. The molecule has 1 aliphatic rings. The molecule has 1 aromatic carbocycles. The highest BCUT2D eigenvalue weighted by Crippen LogP contribution is 2.25. The molecule has 1 fully saturated rings. The number of benzene rings is 1. The van der Waals surface area contributed by atoms with Gasteiger partial charge in [-0.1, -0.05) is 0 Å². The molecular formula is C18H24F2IN3O4. The molecule has 156 valence electrons. The van der Waals surface area contributed by atoms with Crippen molar-refractivity contribution in [2.24, 2.45) is 0 Å². The lowest BCUT2D eigenvalue weighted by Gasteiger charge is -2.33. The Kier molecular flexibility index (Phi) is 7.67. The molecule has 1 saturated heterocycles. The average molecular weight is 511 g/mol. The first kappa shape index (κ1) is 22.4. The second kappa shape index (κ2) is 9.57. The Hall–Kier alpha value is -1.85. The number of likely N-dealkylation sites (tertiary alicyclic amines) is 1. The number of urea groups is 1. The summed E-state index contributed by atoms with van der Waals surface area (Å²) in [5, 5.41) is 5.56. The fourth-order valence-corrected chi connectivity index (χ4v) is 3.27. The number of piperidine rings is 1. The number of halogens is 3. The second-order valence-electron chi connectivity index (χ2n) is 7.36. The molecule has 3 amide bonds. The molecule has 1 heterocycles. The maximum absolute atomic E-state index is 12.2. The van der Waals surface area contributed by atoms with Crippen molar-refractivity contribution in [2.75, 3.05) is 18.4 Å². The monoisotopic (exact) mass is 511 g/mol. The van der Waals surface area contributed by atoms with Crippen molar-refractivity contribution >= 4 is 40.4 Å². The zero-order chi connectivity index (χ0) is 20.9. The number of ether oxygens (including phenoxy) is 2. The first-order valence-corrected chi connectivity index (χ1v) is 9.91. The summed E-state index contributed by atoms with van der Waals surface area (Å²) < 4.78 is 34.7. The third-order valence-electron chi connectivity index (χ3n) is 3.90. The predicted molar refractivity (Wildman–Crippen MR) is 109 cm³/mol. The van der Waals surface area contributed by atoms with Crippen molar-refractivity contribution in [3.8, 4) is 5.75 Å². The number of nitrogens with zero attached hydrogens (tertiary/aromatic N) is 1. The van der Waals surface area contributed by atoms with Gasteiger partial charge in [0.2, 0.25) is 0 Å². The van der Waals surface area contributed by atoms with Crippen molar-refractivity contribution < 1.29 is 27.8 Å². The maximum Gasteiger partial charge on any atom is 0.410 e. The third kappa shape index (κ3) is 7.28. The van der Waals surface area contributed by atoms with E-state index in [1.807, 2.05) is 43.4 Å². The number of hydrogen-bond acceptors (Lipinski definition) is 4. The van der Waals surface area contributed by atoms with Gasteiger partial charge in [0.15, 0.2) is 0 Å². The molecule has 0 aliphatic carbocycles. The normalized spacial score (nSPS) is 15.3. The quantitative estimate of drug-likeness (QED) is 0.588. The van der Waals surface area contributed by atoms with Gasteiger partial charge in [-0.15, -0.1) is 0 Å². The summed E-state index contributed by atoms with van der Waals surface area (Å²) >= 11 is 1.93. The Bertz CT molecular complexity index is 705. The molecule has 0 saturated carbocycles. The van der Waals surface area contributed by atoms with Crippen molar-refractivity contribution in [3.05, 3.63) is 21.8 Å². The van der Waals surface area contributed by atoms with Gasteiger partial charge in [-0.2, -0.15) is 8.78 Å². The minimum absolute atomic E-state index is 0.0277. The van der Waals surface area contributed by atoms with E-state index in [4.69, 9.17) is 4.74 Å². The minimum atomic E-state index is -2.90. The van der Waals surface area contributed by atoms with E-state index in [1.165, 1.54) is 18.2 Å². The highest BCUT2D eigenvalue weighted by Gasteiger charge is 2.27. The topological polar surface area (TPSA) is 79.9 Å². The van der Waals surface area contributed by atoms with Crippen LogP contribution in [0.25, 0.3) is 0 Å². The fraction of sp³-hybridized carbons (Fsp3) is 0.556. The largest absolute Gasteiger partial charge is 0.444 e. The molecule has 2 rings (SSSR count). The lowest BCUT2D eigenvalue weighted by Crippen LogP contribution is -2.48. The number of amides is 3. The van der Waals surface area contributed by atoms with Crippen molar-refractivity contribution in [3.63, 3.8) is 0 Å². The Labute approximate surface area is 176 Å². The molecule has 1 aliphatic heterocycles. The molecule has 7 nitrogen and oxygen atoms in total. The van der Waals surface area contributed by atoms with Crippen LogP contribution in [-0.4, -0.2) is 48.4 Å². The number of carbonyl (C=O) groups is 2. The molecule has 0 radical (unpaired) electrons. The van der Waals surface area contributed by atoms with Gasteiger partial charge in [0.05, 0.1) is 5.69 Å². The summed E-state index contributed by atoms with van der Waals surface area (Å²) in [7, 11) is 0. The van der Waals surface area contributed by atoms with E-state index in [-0.39, 0.29) is 17.9 Å². The van der Waals surface area contributed by atoms with Crippen LogP contribution in [0.1, 0.15) is 33.6 Å². The van der Waals surface area contributed by atoms with Gasteiger partial charge in [0.1, 0.15) is 11.4 Å². The number of rotatable bonds is 4. The lowest BCUT2D eigenvalue weighted by molar-refractivity contribution is -0.0498. The van der Waals surface area contributed by atoms with Crippen LogP contribution in [0.15, 0.2) is 18.2 Å². The number of alkyl halides is 2.